The molecule has 110 valence electrons. The fourth-order valence-electron chi connectivity index (χ4n) is 1.94. The second-order valence-electron chi connectivity index (χ2n) is 4.60. The first-order chi connectivity index (χ1) is 10.0. The molecule has 2 aromatic carbocycles. The lowest BCUT2D eigenvalue weighted by Crippen LogP contribution is -2.26. The van der Waals surface area contributed by atoms with Crippen molar-refractivity contribution in [1.29, 1.82) is 0 Å². The van der Waals surface area contributed by atoms with Crippen molar-refractivity contribution in [3.63, 3.8) is 0 Å². The predicted molar refractivity (Wildman–Crippen MR) is 90.7 cm³/mol. The van der Waals surface area contributed by atoms with E-state index >= 15 is 0 Å². The minimum Gasteiger partial charge on any atom is -0.497 e. The van der Waals surface area contributed by atoms with Crippen molar-refractivity contribution in [3.8, 4) is 5.75 Å². The average Bonchev–Trinajstić information content (AvgIpc) is 2.47. The fraction of sp³-hybridized carbons (Fsp3) is 0.188. The maximum atomic E-state index is 12.3. The van der Waals surface area contributed by atoms with Gasteiger partial charge in [-0.05, 0) is 58.7 Å². The Morgan fingerprint density at radius 2 is 1.95 bits per heavy atom. The van der Waals surface area contributed by atoms with Crippen molar-refractivity contribution in [2.45, 2.75) is 13.0 Å². The number of ether oxygens (including phenoxy) is 1. The van der Waals surface area contributed by atoms with Gasteiger partial charge in [-0.1, -0.05) is 28.1 Å². The minimum atomic E-state index is -0.121. The number of halogens is 2. The first-order valence-electron chi connectivity index (χ1n) is 6.41. The van der Waals surface area contributed by atoms with E-state index in [1.165, 1.54) is 0 Å². The molecule has 1 atom stereocenters. The van der Waals surface area contributed by atoms with E-state index in [2.05, 4.69) is 37.2 Å². The Morgan fingerprint density at radius 1 is 1.19 bits per heavy atom. The summed E-state index contributed by atoms with van der Waals surface area (Å²) in [7, 11) is 1.63. The van der Waals surface area contributed by atoms with E-state index in [1.807, 2.05) is 43.3 Å². The summed E-state index contributed by atoms with van der Waals surface area (Å²) in [6.07, 6.45) is 0. The number of benzene rings is 2. The van der Waals surface area contributed by atoms with Gasteiger partial charge < -0.3 is 10.1 Å². The molecule has 0 bridgehead atoms. The summed E-state index contributed by atoms with van der Waals surface area (Å²) in [4.78, 5) is 12.3. The highest BCUT2D eigenvalue weighted by Gasteiger charge is 2.14. The quantitative estimate of drug-likeness (QED) is 0.789. The van der Waals surface area contributed by atoms with Crippen molar-refractivity contribution in [3.05, 3.63) is 62.5 Å². The maximum Gasteiger partial charge on any atom is 0.252 e. The lowest BCUT2D eigenvalue weighted by atomic mass is 10.1. The molecule has 0 heterocycles. The normalized spacial score (nSPS) is 11.8. The highest BCUT2D eigenvalue weighted by Crippen LogP contribution is 2.23. The van der Waals surface area contributed by atoms with E-state index in [0.29, 0.717) is 5.56 Å². The third kappa shape index (κ3) is 4.08. The van der Waals surface area contributed by atoms with Gasteiger partial charge in [0, 0.05) is 8.95 Å². The predicted octanol–water partition coefficient (Wildman–Crippen LogP) is 4.71. The zero-order chi connectivity index (χ0) is 15.4. The van der Waals surface area contributed by atoms with Crippen LogP contribution in [-0.4, -0.2) is 13.0 Å². The monoisotopic (exact) mass is 411 g/mol. The van der Waals surface area contributed by atoms with Gasteiger partial charge in [-0.2, -0.15) is 0 Å². The molecule has 0 aromatic heterocycles. The molecular formula is C16H15Br2NO2. The van der Waals surface area contributed by atoms with E-state index in [9.17, 15) is 4.79 Å². The summed E-state index contributed by atoms with van der Waals surface area (Å²) in [5.74, 6) is 0.656. The van der Waals surface area contributed by atoms with E-state index < -0.39 is 0 Å². The number of carbonyl (C=O) groups excluding carboxylic acids is 1. The van der Waals surface area contributed by atoms with Gasteiger partial charge in [0.25, 0.3) is 5.91 Å². The number of hydrogen-bond acceptors (Lipinski definition) is 2. The summed E-state index contributed by atoms with van der Waals surface area (Å²) in [5, 5.41) is 2.98. The molecule has 0 radical (unpaired) electrons. The first-order valence-corrected chi connectivity index (χ1v) is 7.99. The van der Waals surface area contributed by atoms with E-state index in [4.69, 9.17) is 4.74 Å². The van der Waals surface area contributed by atoms with Crippen molar-refractivity contribution < 1.29 is 9.53 Å². The molecule has 5 heteroatoms. The molecule has 0 fully saturated rings. The molecule has 2 rings (SSSR count). The van der Waals surface area contributed by atoms with Crippen LogP contribution in [0.25, 0.3) is 0 Å². The third-order valence-electron chi connectivity index (χ3n) is 3.12. The van der Waals surface area contributed by atoms with Gasteiger partial charge in [0.15, 0.2) is 0 Å². The lowest BCUT2D eigenvalue weighted by Gasteiger charge is -2.16. The molecular weight excluding hydrogens is 398 g/mol. The second-order valence-corrected chi connectivity index (χ2v) is 6.37. The highest BCUT2D eigenvalue weighted by atomic mass is 79.9. The van der Waals surface area contributed by atoms with E-state index in [1.54, 1.807) is 13.2 Å². The van der Waals surface area contributed by atoms with Gasteiger partial charge in [-0.3, -0.25) is 4.79 Å². The number of carbonyl (C=O) groups is 1. The molecule has 21 heavy (non-hydrogen) atoms. The van der Waals surface area contributed by atoms with Crippen LogP contribution in [-0.2, 0) is 0 Å². The van der Waals surface area contributed by atoms with Crippen LogP contribution in [0.1, 0.15) is 28.9 Å². The number of rotatable bonds is 4. The Labute approximate surface area is 141 Å². The molecule has 0 aliphatic heterocycles. The lowest BCUT2D eigenvalue weighted by molar-refractivity contribution is 0.0939. The standard InChI is InChI=1S/C16H15Br2NO2/c1-10(11-4-3-5-13(8-11)21-2)19-16(20)14-7-6-12(17)9-15(14)18/h3-10H,1-2H3,(H,19,20). The summed E-state index contributed by atoms with van der Waals surface area (Å²) >= 11 is 6.78. The number of hydrogen-bond donors (Lipinski definition) is 1. The van der Waals surface area contributed by atoms with Gasteiger partial charge in [-0.15, -0.1) is 0 Å². The van der Waals surface area contributed by atoms with Crippen molar-refractivity contribution in [1.82, 2.24) is 5.32 Å². The van der Waals surface area contributed by atoms with Crippen LogP contribution in [0.5, 0.6) is 5.75 Å². The Hall–Kier alpha value is -1.33. The van der Waals surface area contributed by atoms with Crippen LogP contribution in [0, 0.1) is 0 Å². The molecule has 0 aliphatic rings. The van der Waals surface area contributed by atoms with Crippen LogP contribution >= 0.6 is 31.9 Å². The zero-order valence-corrected chi connectivity index (χ0v) is 14.9. The molecule has 1 unspecified atom stereocenters. The molecule has 0 saturated carbocycles. The topological polar surface area (TPSA) is 38.3 Å². The van der Waals surface area contributed by atoms with Crippen LogP contribution in [0.2, 0.25) is 0 Å². The highest BCUT2D eigenvalue weighted by molar-refractivity contribution is 9.11. The molecule has 2 aromatic rings. The molecule has 0 spiro atoms. The molecule has 1 amide bonds. The Kier molecular flexibility index (Phi) is 5.42. The summed E-state index contributed by atoms with van der Waals surface area (Å²) in [6.45, 7) is 1.94. The third-order valence-corrected chi connectivity index (χ3v) is 4.27. The number of amides is 1. The minimum absolute atomic E-state index is 0.108. The largest absolute Gasteiger partial charge is 0.497 e. The Bertz CT molecular complexity index is 658. The van der Waals surface area contributed by atoms with Crippen molar-refractivity contribution >= 4 is 37.8 Å². The molecule has 0 aliphatic carbocycles. The number of nitrogens with one attached hydrogen (secondary N) is 1. The molecule has 3 nitrogen and oxygen atoms in total. The second kappa shape index (κ2) is 7.09. The van der Waals surface area contributed by atoms with Gasteiger partial charge in [-0.25, -0.2) is 0 Å². The number of methoxy groups -OCH3 is 1. The molecule has 1 N–H and O–H groups in total. The maximum absolute atomic E-state index is 12.3. The molecule has 0 saturated heterocycles. The van der Waals surface area contributed by atoms with Gasteiger partial charge in [0.1, 0.15) is 5.75 Å². The van der Waals surface area contributed by atoms with Gasteiger partial charge in [0.05, 0.1) is 18.7 Å². The summed E-state index contributed by atoms with van der Waals surface area (Å²) in [6, 6.07) is 13.0. The van der Waals surface area contributed by atoms with Crippen LogP contribution < -0.4 is 10.1 Å². The van der Waals surface area contributed by atoms with Crippen LogP contribution in [0.3, 0.4) is 0 Å². The van der Waals surface area contributed by atoms with Gasteiger partial charge >= 0.3 is 0 Å². The van der Waals surface area contributed by atoms with Crippen LogP contribution in [0.15, 0.2) is 51.4 Å². The van der Waals surface area contributed by atoms with Crippen LogP contribution in [0.4, 0.5) is 0 Å². The Morgan fingerprint density at radius 3 is 2.62 bits per heavy atom. The Balaban J connectivity index is 2.14. The zero-order valence-electron chi connectivity index (χ0n) is 11.7. The fourth-order valence-corrected chi connectivity index (χ4v) is 3.17. The van der Waals surface area contributed by atoms with E-state index in [-0.39, 0.29) is 11.9 Å². The van der Waals surface area contributed by atoms with Crippen molar-refractivity contribution in [2.75, 3.05) is 7.11 Å². The SMILES string of the molecule is COc1cccc(C(C)NC(=O)c2ccc(Br)cc2Br)c1. The smallest absolute Gasteiger partial charge is 0.252 e. The van der Waals surface area contributed by atoms with E-state index in [0.717, 1.165) is 20.3 Å². The average molecular weight is 413 g/mol. The van der Waals surface area contributed by atoms with Gasteiger partial charge in [0.2, 0.25) is 0 Å². The summed E-state index contributed by atoms with van der Waals surface area (Å²) < 4.78 is 6.88. The first kappa shape index (κ1) is 16.0. The summed E-state index contributed by atoms with van der Waals surface area (Å²) in [5.41, 5.74) is 1.60. The van der Waals surface area contributed by atoms with Crippen molar-refractivity contribution in [2.24, 2.45) is 0 Å².